The topological polar surface area (TPSA) is 60.8 Å². The SMILES string of the molecule is CC(C)(F)C(=O)N1CCC(O)(CO)C1. The molecular formula is C9H16FNO3. The van der Waals surface area contributed by atoms with Crippen LogP contribution in [0.5, 0.6) is 0 Å². The van der Waals surface area contributed by atoms with Gasteiger partial charge in [-0.1, -0.05) is 0 Å². The van der Waals surface area contributed by atoms with Gasteiger partial charge in [0.25, 0.3) is 5.91 Å². The molecule has 1 unspecified atom stereocenters. The number of carbonyl (C=O) groups excluding carboxylic acids is 1. The highest BCUT2D eigenvalue weighted by atomic mass is 19.1. The lowest BCUT2D eigenvalue weighted by atomic mass is 10.1. The van der Waals surface area contributed by atoms with E-state index in [-0.39, 0.29) is 6.54 Å². The van der Waals surface area contributed by atoms with E-state index in [1.54, 1.807) is 0 Å². The number of carbonyl (C=O) groups is 1. The second-order valence-electron chi connectivity index (χ2n) is 4.33. The predicted octanol–water partition coefficient (Wildman–Crippen LogP) is -0.310. The van der Waals surface area contributed by atoms with Crippen molar-refractivity contribution in [2.24, 2.45) is 0 Å². The molecule has 1 heterocycles. The second kappa shape index (κ2) is 3.47. The minimum absolute atomic E-state index is 0.00961. The van der Waals surface area contributed by atoms with Crippen molar-refractivity contribution in [2.75, 3.05) is 19.7 Å². The van der Waals surface area contributed by atoms with Gasteiger partial charge in [-0.2, -0.15) is 0 Å². The third kappa shape index (κ3) is 2.22. The van der Waals surface area contributed by atoms with E-state index in [1.165, 1.54) is 18.7 Å². The lowest BCUT2D eigenvalue weighted by molar-refractivity contribution is -0.142. The zero-order valence-corrected chi connectivity index (χ0v) is 8.46. The molecule has 5 heteroatoms. The summed E-state index contributed by atoms with van der Waals surface area (Å²) in [6.45, 7) is 2.28. The quantitative estimate of drug-likeness (QED) is 0.650. The fraction of sp³-hybridized carbons (Fsp3) is 0.889. The van der Waals surface area contributed by atoms with Crippen LogP contribution in [0, 0.1) is 0 Å². The summed E-state index contributed by atoms with van der Waals surface area (Å²) in [6, 6.07) is 0. The molecule has 1 rings (SSSR count). The first-order chi connectivity index (χ1) is 6.28. The lowest BCUT2D eigenvalue weighted by Gasteiger charge is -2.24. The summed E-state index contributed by atoms with van der Waals surface area (Å²) in [6.07, 6.45) is 0.297. The highest BCUT2D eigenvalue weighted by molar-refractivity contribution is 5.84. The summed E-state index contributed by atoms with van der Waals surface area (Å²) in [5, 5.41) is 18.5. The van der Waals surface area contributed by atoms with Crippen molar-refractivity contribution >= 4 is 5.91 Å². The van der Waals surface area contributed by atoms with Gasteiger partial charge in [-0.15, -0.1) is 0 Å². The zero-order chi connectivity index (χ0) is 11.0. The molecule has 0 bridgehead atoms. The van der Waals surface area contributed by atoms with Crippen LogP contribution in [0.4, 0.5) is 4.39 Å². The molecule has 0 spiro atoms. The fourth-order valence-electron chi connectivity index (χ4n) is 1.53. The van der Waals surface area contributed by atoms with Crippen LogP contribution in [0.15, 0.2) is 0 Å². The molecule has 0 aliphatic carbocycles. The summed E-state index contributed by atoms with van der Waals surface area (Å²) in [4.78, 5) is 12.7. The normalized spacial score (nSPS) is 28.2. The molecule has 1 amide bonds. The molecular weight excluding hydrogens is 189 g/mol. The molecule has 1 fully saturated rings. The van der Waals surface area contributed by atoms with Crippen molar-refractivity contribution < 1.29 is 19.4 Å². The number of likely N-dealkylation sites (tertiary alicyclic amines) is 1. The number of halogens is 1. The Labute approximate surface area is 82.3 Å². The Bertz CT molecular complexity index is 239. The molecule has 82 valence electrons. The van der Waals surface area contributed by atoms with Crippen LogP contribution in [0.1, 0.15) is 20.3 Å². The number of aliphatic hydroxyl groups excluding tert-OH is 1. The molecule has 0 saturated carbocycles. The van der Waals surface area contributed by atoms with Crippen molar-refractivity contribution in [2.45, 2.75) is 31.5 Å². The largest absolute Gasteiger partial charge is 0.393 e. The average Bonchev–Trinajstić information content (AvgIpc) is 2.46. The van der Waals surface area contributed by atoms with Crippen LogP contribution >= 0.6 is 0 Å². The van der Waals surface area contributed by atoms with Crippen molar-refractivity contribution in [3.63, 3.8) is 0 Å². The van der Waals surface area contributed by atoms with Gasteiger partial charge in [-0.25, -0.2) is 4.39 Å². The van der Waals surface area contributed by atoms with Gasteiger partial charge in [0, 0.05) is 6.54 Å². The summed E-state index contributed by atoms with van der Waals surface area (Å²) < 4.78 is 13.3. The molecule has 1 aliphatic rings. The number of amides is 1. The maximum Gasteiger partial charge on any atom is 0.259 e. The van der Waals surface area contributed by atoms with E-state index in [1.807, 2.05) is 0 Å². The monoisotopic (exact) mass is 205 g/mol. The third-order valence-corrected chi connectivity index (χ3v) is 2.42. The molecule has 14 heavy (non-hydrogen) atoms. The van der Waals surface area contributed by atoms with Gasteiger partial charge in [0.05, 0.1) is 13.2 Å². The molecule has 2 N–H and O–H groups in total. The number of β-amino-alcohol motifs (C(OH)–C–C–N with tert-alkyl or cyclic N) is 1. The Hall–Kier alpha value is -0.680. The van der Waals surface area contributed by atoms with E-state index in [9.17, 15) is 14.3 Å². The summed E-state index contributed by atoms with van der Waals surface area (Å²) in [5.74, 6) is -0.637. The Morgan fingerprint density at radius 2 is 2.21 bits per heavy atom. The summed E-state index contributed by atoms with van der Waals surface area (Å²) >= 11 is 0. The Morgan fingerprint density at radius 3 is 2.57 bits per heavy atom. The molecule has 4 nitrogen and oxygen atoms in total. The Morgan fingerprint density at radius 1 is 1.64 bits per heavy atom. The molecule has 1 saturated heterocycles. The standard InChI is InChI=1S/C9H16FNO3/c1-8(2,10)7(13)11-4-3-9(14,5-11)6-12/h12,14H,3-6H2,1-2H3. The first-order valence-corrected chi connectivity index (χ1v) is 4.60. The van der Waals surface area contributed by atoms with Gasteiger partial charge >= 0.3 is 0 Å². The smallest absolute Gasteiger partial charge is 0.259 e. The fourth-order valence-corrected chi connectivity index (χ4v) is 1.53. The van der Waals surface area contributed by atoms with E-state index in [0.717, 1.165) is 0 Å². The molecule has 0 aromatic carbocycles. The maximum absolute atomic E-state index is 13.3. The third-order valence-electron chi connectivity index (χ3n) is 2.42. The van der Waals surface area contributed by atoms with Crippen LogP contribution in [-0.2, 0) is 4.79 Å². The minimum Gasteiger partial charge on any atom is -0.393 e. The van der Waals surface area contributed by atoms with E-state index < -0.39 is 23.8 Å². The zero-order valence-electron chi connectivity index (χ0n) is 8.46. The van der Waals surface area contributed by atoms with E-state index in [4.69, 9.17) is 5.11 Å². The number of rotatable bonds is 2. The van der Waals surface area contributed by atoms with Crippen molar-refractivity contribution in [3.05, 3.63) is 0 Å². The molecule has 1 aliphatic heterocycles. The van der Waals surface area contributed by atoms with Crippen molar-refractivity contribution in [1.29, 1.82) is 0 Å². The Kier molecular flexibility index (Phi) is 2.83. The van der Waals surface area contributed by atoms with Gasteiger partial charge in [-0.05, 0) is 20.3 Å². The predicted molar refractivity (Wildman–Crippen MR) is 48.4 cm³/mol. The van der Waals surface area contributed by atoms with Crippen LogP contribution < -0.4 is 0 Å². The Balaban J connectivity index is 2.63. The molecule has 0 aromatic rings. The summed E-state index contributed by atoms with van der Waals surface area (Å²) in [5.41, 5.74) is -3.17. The number of nitrogens with zero attached hydrogens (tertiary/aromatic N) is 1. The highest BCUT2D eigenvalue weighted by Gasteiger charge is 2.42. The van der Waals surface area contributed by atoms with Gasteiger partial charge in [0.1, 0.15) is 5.60 Å². The number of aliphatic hydroxyl groups is 2. The van der Waals surface area contributed by atoms with E-state index in [2.05, 4.69) is 0 Å². The van der Waals surface area contributed by atoms with Crippen molar-refractivity contribution in [1.82, 2.24) is 4.90 Å². The molecule has 1 atom stereocenters. The van der Waals surface area contributed by atoms with Crippen molar-refractivity contribution in [3.8, 4) is 0 Å². The van der Waals surface area contributed by atoms with Gasteiger partial charge in [0.2, 0.25) is 0 Å². The van der Waals surface area contributed by atoms with E-state index in [0.29, 0.717) is 13.0 Å². The maximum atomic E-state index is 13.3. The first kappa shape index (κ1) is 11.4. The lowest BCUT2D eigenvalue weighted by Crippen LogP contribution is -2.44. The van der Waals surface area contributed by atoms with Crippen LogP contribution in [0.2, 0.25) is 0 Å². The first-order valence-electron chi connectivity index (χ1n) is 4.60. The van der Waals surface area contributed by atoms with Crippen LogP contribution in [-0.4, -0.2) is 52.0 Å². The molecule has 0 radical (unpaired) electrons. The van der Waals surface area contributed by atoms with Gasteiger partial charge < -0.3 is 15.1 Å². The van der Waals surface area contributed by atoms with Gasteiger partial charge in [-0.3, -0.25) is 4.79 Å². The number of alkyl halides is 1. The minimum atomic E-state index is -1.92. The second-order valence-corrected chi connectivity index (χ2v) is 4.33. The number of hydrogen-bond acceptors (Lipinski definition) is 3. The highest BCUT2D eigenvalue weighted by Crippen LogP contribution is 2.24. The number of hydrogen-bond donors (Lipinski definition) is 2. The molecule has 0 aromatic heterocycles. The van der Waals surface area contributed by atoms with Gasteiger partial charge in [0.15, 0.2) is 5.67 Å². The van der Waals surface area contributed by atoms with E-state index >= 15 is 0 Å². The van der Waals surface area contributed by atoms with Crippen LogP contribution in [0.25, 0.3) is 0 Å². The summed E-state index contributed by atoms with van der Waals surface area (Å²) in [7, 11) is 0. The van der Waals surface area contributed by atoms with Crippen LogP contribution in [0.3, 0.4) is 0 Å². The average molecular weight is 205 g/mol.